The number of carbonyl (C=O) groups is 1. The molecule has 2 fully saturated rings. The van der Waals surface area contributed by atoms with Crippen molar-refractivity contribution in [3.05, 3.63) is 35.9 Å². The molecule has 1 aliphatic heterocycles. The van der Waals surface area contributed by atoms with E-state index in [2.05, 4.69) is 28.9 Å². The van der Waals surface area contributed by atoms with Gasteiger partial charge in [-0.3, -0.25) is 9.69 Å². The molecule has 4 nitrogen and oxygen atoms in total. The Morgan fingerprint density at radius 3 is 2.15 bits per heavy atom. The van der Waals surface area contributed by atoms with Crippen LogP contribution in [0.1, 0.15) is 44.6 Å². The van der Waals surface area contributed by atoms with E-state index >= 15 is 0 Å². The van der Waals surface area contributed by atoms with Crippen LogP contribution in [-0.4, -0.2) is 61.6 Å². The lowest BCUT2D eigenvalue weighted by molar-refractivity contribution is -0.152. The summed E-state index contributed by atoms with van der Waals surface area (Å²) in [7, 11) is 0. The molecule has 2 aliphatic rings. The molecular formula is C21H34Cl2N2O2. The Morgan fingerprint density at radius 2 is 1.56 bits per heavy atom. The Morgan fingerprint density at radius 1 is 0.963 bits per heavy atom. The summed E-state index contributed by atoms with van der Waals surface area (Å²) in [6.07, 6.45) is 5.30. The van der Waals surface area contributed by atoms with Crippen LogP contribution in [0.3, 0.4) is 0 Å². The van der Waals surface area contributed by atoms with E-state index in [9.17, 15) is 4.79 Å². The quantitative estimate of drug-likeness (QED) is 0.657. The summed E-state index contributed by atoms with van der Waals surface area (Å²) in [4.78, 5) is 17.9. The molecule has 1 aromatic carbocycles. The number of carbonyl (C=O) groups excluding carboxylic acids is 1. The van der Waals surface area contributed by atoms with E-state index in [4.69, 9.17) is 4.74 Å². The molecule has 154 valence electrons. The van der Waals surface area contributed by atoms with Gasteiger partial charge in [0.1, 0.15) is 6.61 Å². The summed E-state index contributed by atoms with van der Waals surface area (Å²) in [6.45, 7) is 9.11. The zero-order chi connectivity index (χ0) is 17.5. The Balaban J connectivity index is 0.00000182. The number of nitrogens with zero attached hydrogens (tertiary/aromatic N) is 2. The Bertz CT molecular complexity index is 542. The lowest BCUT2D eigenvalue weighted by Gasteiger charge is -2.36. The molecule has 1 saturated carbocycles. The summed E-state index contributed by atoms with van der Waals surface area (Å²) in [6, 6.07) is 10.3. The van der Waals surface area contributed by atoms with E-state index in [1.165, 1.54) is 6.42 Å². The number of piperazine rings is 1. The summed E-state index contributed by atoms with van der Waals surface area (Å²) in [5.41, 5.74) is 0.719. The lowest BCUT2D eigenvalue weighted by Crippen LogP contribution is -2.47. The molecule has 0 aromatic heterocycles. The minimum Gasteiger partial charge on any atom is -0.464 e. The highest BCUT2D eigenvalue weighted by atomic mass is 35.5. The van der Waals surface area contributed by atoms with Crippen molar-refractivity contribution < 1.29 is 9.53 Å². The summed E-state index contributed by atoms with van der Waals surface area (Å²) >= 11 is 0. The monoisotopic (exact) mass is 416 g/mol. The molecule has 6 heteroatoms. The first-order valence-electron chi connectivity index (χ1n) is 9.92. The number of esters is 1. The van der Waals surface area contributed by atoms with Gasteiger partial charge >= 0.3 is 5.97 Å². The highest BCUT2D eigenvalue weighted by Gasteiger charge is 2.42. The summed E-state index contributed by atoms with van der Waals surface area (Å²) in [5.74, 6) is -0.00871. The maximum absolute atomic E-state index is 13.0. The fourth-order valence-electron chi connectivity index (χ4n) is 4.26. The third-order valence-electron chi connectivity index (χ3n) is 5.98. The van der Waals surface area contributed by atoms with Gasteiger partial charge in [0.25, 0.3) is 0 Å². The fourth-order valence-corrected chi connectivity index (χ4v) is 4.26. The maximum atomic E-state index is 13.0. The van der Waals surface area contributed by atoms with Crippen LogP contribution in [0.15, 0.2) is 30.3 Å². The molecule has 1 aromatic rings. The molecule has 0 spiro atoms. The molecule has 0 unspecified atom stereocenters. The highest BCUT2D eigenvalue weighted by molar-refractivity contribution is 5.85. The molecule has 1 aliphatic carbocycles. The predicted molar refractivity (Wildman–Crippen MR) is 115 cm³/mol. The summed E-state index contributed by atoms with van der Waals surface area (Å²) < 4.78 is 5.80. The number of likely N-dealkylation sites (N-methyl/N-ethyl adjacent to an activating group) is 1. The van der Waals surface area contributed by atoms with Crippen molar-refractivity contribution in [1.29, 1.82) is 0 Å². The standard InChI is InChI=1S/C21H32N2O2.2ClH/c1-2-22-13-15-23(16-14-22)17-18-25-20(24)21(11-7-4-8-12-21)19-9-5-3-6-10-19;;/h3,5-6,9-10H,2,4,7-8,11-18H2,1H3;2*1H. The summed E-state index contributed by atoms with van der Waals surface area (Å²) in [5, 5.41) is 0. The number of hydrogen-bond donors (Lipinski definition) is 0. The van der Waals surface area contributed by atoms with Crippen LogP contribution < -0.4 is 0 Å². The van der Waals surface area contributed by atoms with Gasteiger partial charge in [-0.1, -0.05) is 56.5 Å². The van der Waals surface area contributed by atoms with Gasteiger partial charge in [-0.05, 0) is 24.9 Å². The second kappa shape index (κ2) is 11.9. The van der Waals surface area contributed by atoms with Crippen LogP contribution >= 0.6 is 24.8 Å². The van der Waals surface area contributed by atoms with Gasteiger partial charge < -0.3 is 9.64 Å². The van der Waals surface area contributed by atoms with Crippen LogP contribution in [0.2, 0.25) is 0 Å². The number of hydrogen-bond acceptors (Lipinski definition) is 4. The van der Waals surface area contributed by atoms with Crippen molar-refractivity contribution >= 4 is 30.8 Å². The first kappa shape index (κ1) is 24.2. The van der Waals surface area contributed by atoms with Crippen LogP contribution in [-0.2, 0) is 14.9 Å². The predicted octanol–water partition coefficient (Wildman–Crippen LogP) is 3.91. The smallest absolute Gasteiger partial charge is 0.316 e. The maximum Gasteiger partial charge on any atom is 0.316 e. The molecule has 1 heterocycles. The Labute approximate surface area is 176 Å². The second-order valence-corrected chi connectivity index (χ2v) is 7.42. The SMILES string of the molecule is CCN1CCN(CCOC(=O)C2(c3ccccc3)CCCCC2)CC1.Cl.Cl. The number of ether oxygens (including phenoxy) is 1. The zero-order valence-electron chi connectivity index (χ0n) is 16.4. The van der Waals surface area contributed by atoms with E-state index < -0.39 is 5.41 Å². The van der Waals surface area contributed by atoms with Gasteiger partial charge in [0.15, 0.2) is 0 Å². The van der Waals surface area contributed by atoms with Crippen molar-refractivity contribution in [2.24, 2.45) is 0 Å². The van der Waals surface area contributed by atoms with Gasteiger partial charge in [0, 0.05) is 32.7 Å². The molecule has 0 radical (unpaired) electrons. The minimum absolute atomic E-state index is 0. The van der Waals surface area contributed by atoms with E-state index in [-0.39, 0.29) is 30.8 Å². The van der Waals surface area contributed by atoms with E-state index in [1.54, 1.807) is 0 Å². The van der Waals surface area contributed by atoms with Crippen molar-refractivity contribution in [3.8, 4) is 0 Å². The first-order valence-corrected chi connectivity index (χ1v) is 9.92. The van der Waals surface area contributed by atoms with Crippen molar-refractivity contribution in [1.82, 2.24) is 9.80 Å². The molecular weight excluding hydrogens is 383 g/mol. The number of benzene rings is 1. The third kappa shape index (κ3) is 6.08. The molecule has 27 heavy (non-hydrogen) atoms. The average molecular weight is 417 g/mol. The second-order valence-electron chi connectivity index (χ2n) is 7.42. The van der Waals surface area contributed by atoms with Crippen molar-refractivity contribution in [2.45, 2.75) is 44.4 Å². The van der Waals surface area contributed by atoms with E-state index in [0.29, 0.717) is 6.61 Å². The van der Waals surface area contributed by atoms with Crippen LogP contribution in [0, 0.1) is 0 Å². The van der Waals surface area contributed by atoms with Crippen molar-refractivity contribution in [3.63, 3.8) is 0 Å². The van der Waals surface area contributed by atoms with Crippen molar-refractivity contribution in [2.75, 3.05) is 45.9 Å². The van der Waals surface area contributed by atoms with Gasteiger partial charge in [-0.15, -0.1) is 24.8 Å². The van der Waals surface area contributed by atoms with Gasteiger partial charge in [-0.25, -0.2) is 0 Å². The van der Waals surface area contributed by atoms with Crippen LogP contribution in [0.4, 0.5) is 0 Å². The first-order chi connectivity index (χ1) is 12.2. The van der Waals surface area contributed by atoms with Gasteiger partial charge in [0.05, 0.1) is 5.41 Å². The largest absolute Gasteiger partial charge is 0.464 e. The fraction of sp³-hybridized carbons (Fsp3) is 0.667. The molecule has 1 saturated heterocycles. The molecule has 3 rings (SSSR count). The average Bonchev–Trinajstić information content (AvgIpc) is 2.69. The minimum atomic E-state index is -0.416. The number of rotatable bonds is 6. The van der Waals surface area contributed by atoms with E-state index in [1.807, 2.05) is 18.2 Å². The van der Waals surface area contributed by atoms with Gasteiger partial charge in [-0.2, -0.15) is 0 Å². The lowest BCUT2D eigenvalue weighted by atomic mass is 9.69. The Hall–Kier alpha value is -0.810. The highest BCUT2D eigenvalue weighted by Crippen LogP contribution is 2.40. The topological polar surface area (TPSA) is 32.8 Å². The third-order valence-corrected chi connectivity index (χ3v) is 5.98. The Kier molecular flexibility index (Phi) is 10.7. The number of halogens is 2. The zero-order valence-corrected chi connectivity index (χ0v) is 18.0. The molecule has 0 atom stereocenters. The van der Waals surface area contributed by atoms with Crippen LogP contribution in [0.5, 0.6) is 0 Å². The van der Waals surface area contributed by atoms with Crippen LogP contribution in [0.25, 0.3) is 0 Å². The normalized spacial score (nSPS) is 20.2. The van der Waals surface area contributed by atoms with Gasteiger partial charge in [0.2, 0.25) is 0 Å². The molecule has 0 N–H and O–H groups in total. The van der Waals surface area contributed by atoms with E-state index in [0.717, 1.165) is 70.5 Å². The molecule has 0 amide bonds. The molecule has 0 bridgehead atoms.